The van der Waals surface area contributed by atoms with Crippen LogP contribution in [0.4, 0.5) is 74.6 Å². The molecule has 0 saturated carbocycles. The molecule has 0 aromatic rings. The molecule has 0 spiro atoms. The first-order valence-electron chi connectivity index (χ1n) is 6.69. The van der Waals surface area contributed by atoms with Gasteiger partial charge in [-0.05, 0) is 0 Å². The van der Waals surface area contributed by atoms with Gasteiger partial charge in [0.2, 0.25) is 0 Å². The second-order valence-electron chi connectivity index (χ2n) is 5.55. The van der Waals surface area contributed by atoms with Gasteiger partial charge in [-0.25, -0.2) is 0 Å². The van der Waals surface area contributed by atoms with Crippen LogP contribution in [0.3, 0.4) is 0 Å². The first-order chi connectivity index (χ1) is 13.2. The number of halogens is 18. The van der Waals surface area contributed by atoms with E-state index in [1.807, 2.05) is 0 Å². The molecular weight excluding hydrogens is 523 g/mol. The van der Waals surface area contributed by atoms with Crippen molar-refractivity contribution in [1.82, 2.24) is 0 Å². The predicted molar refractivity (Wildman–Crippen MR) is 60.6 cm³/mol. The molecule has 1 unspecified atom stereocenters. The zero-order valence-corrected chi connectivity index (χ0v) is 14.0. The summed E-state index contributed by atoms with van der Waals surface area (Å²) in [6.07, 6.45) is -38.1. The van der Waals surface area contributed by atoms with E-state index in [0.717, 1.165) is 0 Å². The van der Waals surface area contributed by atoms with Gasteiger partial charge in [-0.3, -0.25) is 0 Å². The highest BCUT2D eigenvalue weighted by Crippen LogP contribution is 2.62. The fourth-order valence-electron chi connectivity index (χ4n) is 1.94. The van der Waals surface area contributed by atoms with E-state index in [-0.39, 0.29) is 0 Å². The lowest BCUT2D eigenvalue weighted by molar-refractivity contribution is -0.394. The number of allylic oxidation sites excluding steroid dienone is 1. The van der Waals surface area contributed by atoms with Crippen molar-refractivity contribution in [2.75, 3.05) is 0 Å². The Morgan fingerprint density at radius 1 is 0.613 bits per heavy atom. The summed E-state index contributed by atoms with van der Waals surface area (Å²) in [6, 6.07) is 0. The Kier molecular flexibility index (Phi) is 6.51. The number of rotatable bonds is 4. The standard InChI is InChI=1S/C11H2ClF17O2/c12-1-2(30-3(7(16,17)18)8(19,20)21)5(13,14)11(28,29)6(1,15)31-4(9(22,23)24)10(25,26)27/h3-4H. The smallest absolute Gasteiger partial charge is 0.434 e. The van der Waals surface area contributed by atoms with Gasteiger partial charge in [0.15, 0.2) is 5.76 Å². The molecule has 2 nitrogen and oxygen atoms in total. The zero-order chi connectivity index (χ0) is 25.2. The Morgan fingerprint density at radius 2 is 0.935 bits per heavy atom. The first-order valence-corrected chi connectivity index (χ1v) is 7.06. The predicted octanol–water partition coefficient (Wildman–Crippen LogP) is 6.41. The Balaban J connectivity index is 3.68. The molecule has 0 fully saturated rings. The molecular formula is C11H2ClF17O2. The maximum absolute atomic E-state index is 14.3. The molecule has 184 valence electrons. The minimum atomic E-state index is -7.00. The van der Waals surface area contributed by atoms with Gasteiger partial charge in [0.25, 0.3) is 12.2 Å². The summed E-state index contributed by atoms with van der Waals surface area (Å²) in [7, 11) is 0. The molecule has 0 aromatic carbocycles. The number of hydrogen-bond acceptors (Lipinski definition) is 2. The van der Waals surface area contributed by atoms with Crippen LogP contribution >= 0.6 is 11.6 Å². The normalized spacial score (nSPS) is 25.0. The van der Waals surface area contributed by atoms with E-state index in [4.69, 9.17) is 0 Å². The van der Waals surface area contributed by atoms with E-state index >= 15 is 0 Å². The van der Waals surface area contributed by atoms with Crippen LogP contribution in [-0.2, 0) is 9.47 Å². The van der Waals surface area contributed by atoms with E-state index < -0.39 is 65.4 Å². The van der Waals surface area contributed by atoms with Crippen LogP contribution in [0.1, 0.15) is 0 Å². The molecule has 1 aliphatic rings. The van der Waals surface area contributed by atoms with E-state index in [1.54, 1.807) is 0 Å². The maximum atomic E-state index is 14.3. The Morgan fingerprint density at radius 3 is 1.23 bits per heavy atom. The van der Waals surface area contributed by atoms with Gasteiger partial charge in [0.1, 0.15) is 5.03 Å². The molecule has 0 amide bonds. The molecule has 1 rings (SSSR count). The molecule has 1 atom stereocenters. The first kappa shape index (κ1) is 27.6. The second kappa shape index (κ2) is 7.31. The number of alkyl halides is 17. The van der Waals surface area contributed by atoms with Crippen LogP contribution in [0.25, 0.3) is 0 Å². The third kappa shape index (κ3) is 4.70. The number of hydrogen-bond donors (Lipinski definition) is 0. The molecule has 0 aliphatic heterocycles. The van der Waals surface area contributed by atoms with Crippen molar-refractivity contribution < 1.29 is 84.1 Å². The largest absolute Gasteiger partial charge is 0.468 e. The summed E-state index contributed by atoms with van der Waals surface area (Å²) in [6.45, 7) is 0. The monoisotopic (exact) mass is 524 g/mol. The molecule has 0 saturated heterocycles. The summed E-state index contributed by atoms with van der Waals surface area (Å²) in [5.74, 6) is -23.9. The van der Waals surface area contributed by atoms with Gasteiger partial charge in [0, 0.05) is 0 Å². The van der Waals surface area contributed by atoms with Crippen molar-refractivity contribution in [3.8, 4) is 0 Å². The van der Waals surface area contributed by atoms with Crippen molar-refractivity contribution in [1.29, 1.82) is 0 Å². The third-order valence-electron chi connectivity index (χ3n) is 3.27. The summed E-state index contributed by atoms with van der Waals surface area (Å²) >= 11 is 4.47. The minimum absolute atomic E-state index is 2.40. The Bertz CT molecular complexity index is 686. The average Bonchev–Trinajstić information content (AvgIpc) is 2.55. The molecule has 31 heavy (non-hydrogen) atoms. The van der Waals surface area contributed by atoms with Gasteiger partial charge in [0.05, 0.1) is 0 Å². The number of ether oxygens (including phenoxy) is 2. The average molecular weight is 525 g/mol. The zero-order valence-electron chi connectivity index (χ0n) is 13.3. The molecule has 0 bridgehead atoms. The lowest BCUT2D eigenvalue weighted by Crippen LogP contribution is -2.58. The van der Waals surface area contributed by atoms with Crippen LogP contribution in [0.2, 0.25) is 0 Å². The Labute approximate surface area is 162 Å². The van der Waals surface area contributed by atoms with Gasteiger partial charge < -0.3 is 9.47 Å². The Hall–Kier alpha value is -1.40. The van der Waals surface area contributed by atoms with Crippen LogP contribution in [0.15, 0.2) is 10.8 Å². The highest BCUT2D eigenvalue weighted by Gasteiger charge is 2.84. The molecule has 0 radical (unpaired) electrons. The van der Waals surface area contributed by atoms with Crippen LogP contribution in [0, 0.1) is 0 Å². The van der Waals surface area contributed by atoms with Crippen molar-refractivity contribution in [2.45, 2.75) is 54.6 Å². The maximum Gasteiger partial charge on any atom is 0.434 e. The molecule has 0 aromatic heterocycles. The minimum Gasteiger partial charge on any atom is -0.468 e. The van der Waals surface area contributed by atoms with E-state index in [2.05, 4.69) is 21.1 Å². The van der Waals surface area contributed by atoms with E-state index in [0.29, 0.717) is 0 Å². The molecule has 1 aliphatic carbocycles. The summed E-state index contributed by atoms with van der Waals surface area (Å²) < 4.78 is 223. The lowest BCUT2D eigenvalue weighted by atomic mass is 10.1. The molecule has 0 N–H and O–H groups in total. The fourth-order valence-corrected chi connectivity index (χ4v) is 2.26. The summed E-state index contributed by atoms with van der Waals surface area (Å²) in [5.41, 5.74) is 0. The lowest BCUT2D eigenvalue weighted by Gasteiger charge is -2.34. The topological polar surface area (TPSA) is 18.5 Å². The molecule has 0 heterocycles. The van der Waals surface area contributed by atoms with Crippen molar-refractivity contribution in [3.05, 3.63) is 10.8 Å². The van der Waals surface area contributed by atoms with Gasteiger partial charge in [-0.15, -0.1) is 0 Å². The van der Waals surface area contributed by atoms with Crippen LogP contribution in [-0.4, -0.2) is 54.6 Å². The van der Waals surface area contributed by atoms with Gasteiger partial charge in [-0.2, -0.15) is 74.6 Å². The van der Waals surface area contributed by atoms with Crippen LogP contribution < -0.4 is 0 Å². The highest BCUT2D eigenvalue weighted by atomic mass is 35.5. The van der Waals surface area contributed by atoms with Crippen LogP contribution in [0.5, 0.6) is 0 Å². The SMILES string of the molecule is FC(F)(F)C(OC1=C(Cl)C(F)(OC(C(F)(F)F)C(F)(F)F)C(F)(F)C1(F)F)C(F)(F)F. The van der Waals surface area contributed by atoms with Gasteiger partial charge in [-0.1, -0.05) is 11.6 Å². The second-order valence-corrected chi connectivity index (χ2v) is 5.93. The third-order valence-corrected chi connectivity index (χ3v) is 3.68. The quantitative estimate of drug-likeness (QED) is 0.396. The van der Waals surface area contributed by atoms with Crippen molar-refractivity contribution >= 4 is 11.6 Å². The van der Waals surface area contributed by atoms with E-state index in [1.165, 1.54) is 0 Å². The van der Waals surface area contributed by atoms with Gasteiger partial charge >= 0.3 is 42.4 Å². The van der Waals surface area contributed by atoms with E-state index in [9.17, 15) is 74.6 Å². The van der Waals surface area contributed by atoms with Crippen molar-refractivity contribution in [2.24, 2.45) is 0 Å². The fraction of sp³-hybridized carbons (Fsp3) is 0.818. The molecule has 20 heteroatoms. The highest BCUT2D eigenvalue weighted by molar-refractivity contribution is 6.31. The van der Waals surface area contributed by atoms with Crippen molar-refractivity contribution in [3.63, 3.8) is 0 Å². The summed E-state index contributed by atoms with van der Waals surface area (Å²) in [5, 5.41) is -3.44. The summed E-state index contributed by atoms with van der Waals surface area (Å²) in [4.78, 5) is 0.